The van der Waals surface area contributed by atoms with E-state index in [-0.39, 0.29) is 22.1 Å². The summed E-state index contributed by atoms with van der Waals surface area (Å²) in [6.45, 7) is 5.53. The Hall–Kier alpha value is -1.56. The van der Waals surface area contributed by atoms with Crippen molar-refractivity contribution in [1.29, 1.82) is 0 Å². The van der Waals surface area contributed by atoms with Crippen LogP contribution in [0.25, 0.3) is 0 Å². The highest BCUT2D eigenvalue weighted by Crippen LogP contribution is 2.26. The van der Waals surface area contributed by atoms with Crippen molar-refractivity contribution in [2.45, 2.75) is 26.3 Å². The molecule has 0 fully saturated rings. The Balaban J connectivity index is 2.84. The average Bonchev–Trinajstić information content (AvgIpc) is 2.47. The third kappa shape index (κ3) is 3.54. The summed E-state index contributed by atoms with van der Waals surface area (Å²) in [6, 6.07) is 1.53. The minimum Gasteiger partial charge on any atom is -0.449 e. The molecular weight excluding hydrogens is 230 g/mol. The zero-order valence-electron chi connectivity index (χ0n) is 9.23. The summed E-state index contributed by atoms with van der Waals surface area (Å²) in [5.41, 5.74) is -0.137. The third-order valence-corrected chi connectivity index (χ3v) is 2.33. The number of thiophene rings is 1. The fourth-order valence-electron chi connectivity index (χ4n) is 1.03. The van der Waals surface area contributed by atoms with Crippen molar-refractivity contribution in [1.82, 2.24) is 5.32 Å². The van der Waals surface area contributed by atoms with Gasteiger partial charge in [0.05, 0.1) is 5.56 Å². The van der Waals surface area contributed by atoms with Gasteiger partial charge in [-0.05, 0) is 32.2 Å². The van der Waals surface area contributed by atoms with Gasteiger partial charge in [0, 0.05) is 5.54 Å². The van der Waals surface area contributed by atoms with Crippen LogP contribution in [0, 0.1) is 0 Å². The van der Waals surface area contributed by atoms with Gasteiger partial charge in [0.1, 0.15) is 0 Å². The second-order valence-corrected chi connectivity index (χ2v) is 5.07. The summed E-state index contributed by atoms with van der Waals surface area (Å²) in [7, 11) is 0. The molecule has 0 unspecified atom stereocenters. The molecule has 0 aliphatic carbocycles. The van der Waals surface area contributed by atoms with E-state index in [1.807, 2.05) is 20.8 Å². The van der Waals surface area contributed by atoms with Gasteiger partial charge in [-0.3, -0.25) is 4.79 Å². The van der Waals surface area contributed by atoms with E-state index in [9.17, 15) is 9.59 Å². The lowest BCUT2D eigenvalue weighted by atomic mass is 10.1. The van der Waals surface area contributed by atoms with Gasteiger partial charge in [-0.15, -0.1) is 11.3 Å². The fourth-order valence-corrected chi connectivity index (χ4v) is 1.76. The Kier molecular flexibility index (Phi) is 3.54. The molecule has 0 radical (unpaired) electrons. The smallest absolute Gasteiger partial charge is 0.449 e. The molecule has 88 valence electrons. The summed E-state index contributed by atoms with van der Waals surface area (Å²) in [4.78, 5) is 22.1. The fraction of sp³-hybridized carbons (Fsp3) is 0.400. The maximum absolute atomic E-state index is 11.7. The number of hydrogen-bond acceptors (Lipinski definition) is 4. The van der Waals surface area contributed by atoms with Crippen LogP contribution in [0.1, 0.15) is 31.1 Å². The van der Waals surface area contributed by atoms with Gasteiger partial charge in [0.15, 0.2) is 0 Å². The third-order valence-electron chi connectivity index (χ3n) is 1.54. The lowest BCUT2D eigenvalue weighted by Crippen LogP contribution is -2.40. The van der Waals surface area contributed by atoms with Crippen molar-refractivity contribution < 1.29 is 19.4 Å². The van der Waals surface area contributed by atoms with Crippen molar-refractivity contribution in [3.8, 4) is 5.06 Å². The topological polar surface area (TPSA) is 75.6 Å². The molecule has 0 aliphatic rings. The molecule has 16 heavy (non-hydrogen) atoms. The Labute approximate surface area is 97.0 Å². The Morgan fingerprint density at radius 1 is 1.44 bits per heavy atom. The first-order valence-electron chi connectivity index (χ1n) is 4.60. The van der Waals surface area contributed by atoms with Crippen LogP contribution in [0.2, 0.25) is 0 Å². The van der Waals surface area contributed by atoms with Crippen LogP contribution in [0.5, 0.6) is 5.06 Å². The van der Waals surface area contributed by atoms with E-state index in [0.717, 1.165) is 11.3 Å². The maximum atomic E-state index is 11.7. The van der Waals surface area contributed by atoms with Gasteiger partial charge in [-0.1, -0.05) is 0 Å². The summed E-state index contributed by atoms with van der Waals surface area (Å²) in [6.07, 6.45) is -1.42. The zero-order valence-corrected chi connectivity index (χ0v) is 10.1. The first kappa shape index (κ1) is 12.5. The molecule has 0 atom stereocenters. The Morgan fingerprint density at radius 2 is 2.06 bits per heavy atom. The quantitative estimate of drug-likeness (QED) is 0.782. The van der Waals surface area contributed by atoms with Gasteiger partial charge in [-0.2, -0.15) is 0 Å². The number of carbonyl (C=O) groups excluding carboxylic acids is 1. The minimum atomic E-state index is -1.42. The summed E-state index contributed by atoms with van der Waals surface area (Å²) >= 11 is 1.07. The van der Waals surface area contributed by atoms with Crippen LogP contribution in [0.3, 0.4) is 0 Å². The summed E-state index contributed by atoms with van der Waals surface area (Å²) in [5.74, 6) is -0.343. The van der Waals surface area contributed by atoms with E-state index in [0.29, 0.717) is 0 Å². The van der Waals surface area contributed by atoms with Crippen LogP contribution >= 0.6 is 11.3 Å². The predicted molar refractivity (Wildman–Crippen MR) is 60.2 cm³/mol. The van der Waals surface area contributed by atoms with Gasteiger partial charge in [-0.25, -0.2) is 4.79 Å². The maximum Gasteiger partial charge on any atom is 0.512 e. The number of amides is 1. The normalized spacial score (nSPS) is 10.9. The molecule has 6 heteroatoms. The number of hydrogen-bond donors (Lipinski definition) is 2. The molecular formula is C10H13NO4S. The van der Waals surface area contributed by atoms with Crippen LogP contribution < -0.4 is 10.1 Å². The monoisotopic (exact) mass is 243 g/mol. The lowest BCUT2D eigenvalue weighted by Gasteiger charge is -2.20. The highest BCUT2D eigenvalue weighted by molar-refractivity contribution is 7.12. The van der Waals surface area contributed by atoms with E-state index in [1.165, 1.54) is 6.07 Å². The molecule has 0 aliphatic heterocycles. The standard InChI is InChI=1S/C10H13NO4S/c1-10(2,3)11-7(12)6-4-5-16-8(6)15-9(13)14/h4-5H,1-3H3,(H,11,12)(H,13,14). The van der Waals surface area contributed by atoms with Crippen LogP contribution in [0.15, 0.2) is 11.4 Å². The molecule has 1 heterocycles. The van der Waals surface area contributed by atoms with Gasteiger partial charge >= 0.3 is 6.16 Å². The molecule has 0 saturated carbocycles. The van der Waals surface area contributed by atoms with Crippen LogP contribution in [0.4, 0.5) is 4.79 Å². The van der Waals surface area contributed by atoms with E-state index in [2.05, 4.69) is 10.1 Å². The van der Waals surface area contributed by atoms with E-state index < -0.39 is 6.16 Å². The molecule has 1 aromatic rings. The molecule has 0 saturated heterocycles. The van der Waals surface area contributed by atoms with Crippen molar-refractivity contribution >= 4 is 23.4 Å². The van der Waals surface area contributed by atoms with Gasteiger partial charge in [0.25, 0.3) is 5.91 Å². The minimum absolute atomic E-state index is 0.0919. The first-order chi connectivity index (χ1) is 7.29. The SMILES string of the molecule is CC(C)(C)NC(=O)c1ccsc1OC(=O)O. The van der Waals surface area contributed by atoms with Crippen molar-refractivity contribution in [3.05, 3.63) is 17.0 Å². The Bertz CT molecular complexity index is 405. The highest BCUT2D eigenvalue weighted by atomic mass is 32.1. The van der Waals surface area contributed by atoms with Crippen LogP contribution in [-0.2, 0) is 0 Å². The summed E-state index contributed by atoms with van der Waals surface area (Å²) in [5, 5.41) is 12.9. The van der Waals surface area contributed by atoms with E-state index in [4.69, 9.17) is 5.11 Å². The molecule has 0 spiro atoms. The molecule has 0 bridgehead atoms. The number of carbonyl (C=O) groups is 2. The summed E-state index contributed by atoms with van der Waals surface area (Å²) < 4.78 is 4.50. The molecule has 0 aromatic carbocycles. The van der Waals surface area contributed by atoms with Crippen LogP contribution in [-0.4, -0.2) is 22.7 Å². The van der Waals surface area contributed by atoms with E-state index >= 15 is 0 Å². The number of nitrogens with one attached hydrogen (secondary N) is 1. The number of ether oxygens (including phenoxy) is 1. The molecule has 1 aromatic heterocycles. The number of carboxylic acid groups (broad SMARTS) is 1. The van der Waals surface area contributed by atoms with E-state index in [1.54, 1.807) is 5.38 Å². The zero-order chi connectivity index (χ0) is 12.3. The van der Waals surface area contributed by atoms with Gasteiger partial charge in [0.2, 0.25) is 5.06 Å². The Morgan fingerprint density at radius 3 is 2.56 bits per heavy atom. The highest BCUT2D eigenvalue weighted by Gasteiger charge is 2.20. The number of rotatable bonds is 2. The molecule has 2 N–H and O–H groups in total. The first-order valence-corrected chi connectivity index (χ1v) is 5.48. The van der Waals surface area contributed by atoms with Gasteiger partial charge < -0.3 is 15.2 Å². The second kappa shape index (κ2) is 4.52. The second-order valence-electron chi connectivity index (χ2n) is 4.19. The molecule has 1 amide bonds. The predicted octanol–water partition coefficient (Wildman–Crippen LogP) is 2.33. The average molecular weight is 243 g/mol. The van der Waals surface area contributed by atoms with Crippen molar-refractivity contribution in [2.75, 3.05) is 0 Å². The lowest BCUT2D eigenvalue weighted by molar-refractivity contribution is 0.0916. The van der Waals surface area contributed by atoms with Crippen molar-refractivity contribution in [3.63, 3.8) is 0 Å². The van der Waals surface area contributed by atoms with Crippen molar-refractivity contribution in [2.24, 2.45) is 0 Å². The largest absolute Gasteiger partial charge is 0.512 e. The molecule has 1 rings (SSSR count). The molecule has 5 nitrogen and oxygen atoms in total.